The maximum absolute atomic E-state index is 4.96. The second kappa shape index (κ2) is 2.19. The first kappa shape index (κ1) is 6.09. The summed E-state index contributed by atoms with van der Waals surface area (Å²) in [5.74, 6) is 0.521. The molecule has 0 spiro atoms. The van der Waals surface area contributed by atoms with Crippen molar-refractivity contribution in [1.82, 2.24) is 20.2 Å². The third kappa shape index (κ3) is 0.813. The van der Waals surface area contributed by atoms with Crippen molar-refractivity contribution in [2.75, 3.05) is 7.11 Å². The summed E-state index contributed by atoms with van der Waals surface area (Å²) in [6.07, 6.45) is 3.07. The van der Waals surface area contributed by atoms with Crippen molar-refractivity contribution >= 4 is 11.0 Å². The van der Waals surface area contributed by atoms with Crippen molar-refractivity contribution in [3.8, 4) is 5.88 Å². The molecule has 2 aromatic heterocycles. The quantitative estimate of drug-likeness (QED) is 0.637. The van der Waals surface area contributed by atoms with Gasteiger partial charge >= 0.3 is 0 Å². The highest BCUT2D eigenvalue weighted by Gasteiger charge is 2.03. The van der Waals surface area contributed by atoms with Crippen LogP contribution in [0.5, 0.6) is 5.88 Å². The Balaban J connectivity index is 2.79. The third-order valence-corrected chi connectivity index (χ3v) is 1.40. The number of methoxy groups -OCH3 is 1. The largest absolute Gasteiger partial charge is 0.479 e. The number of aromatic nitrogens is 4. The lowest BCUT2D eigenvalue weighted by molar-refractivity contribution is 0.401. The average Bonchev–Trinajstić information content (AvgIpc) is 2.50. The lowest BCUT2D eigenvalue weighted by Crippen LogP contribution is -1.89. The van der Waals surface area contributed by atoms with Crippen LogP contribution in [0.1, 0.15) is 0 Å². The number of nitrogens with zero attached hydrogens (tertiary/aromatic N) is 3. The molecule has 0 fully saturated rings. The molecule has 0 atom stereocenters. The summed E-state index contributed by atoms with van der Waals surface area (Å²) >= 11 is 0. The van der Waals surface area contributed by atoms with E-state index in [-0.39, 0.29) is 0 Å². The summed E-state index contributed by atoms with van der Waals surface area (Å²) in [4.78, 5) is 7.86. The van der Waals surface area contributed by atoms with E-state index in [2.05, 4.69) is 20.2 Å². The van der Waals surface area contributed by atoms with Crippen LogP contribution in [0.25, 0.3) is 11.0 Å². The zero-order valence-corrected chi connectivity index (χ0v) is 5.90. The van der Waals surface area contributed by atoms with Gasteiger partial charge in [0.15, 0.2) is 0 Å². The van der Waals surface area contributed by atoms with Crippen LogP contribution in [-0.4, -0.2) is 27.3 Å². The molecule has 11 heavy (non-hydrogen) atoms. The molecule has 5 nitrogen and oxygen atoms in total. The van der Waals surface area contributed by atoms with Crippen molar-refractivity contribution < 1.29 is 4.74 Å². The minimum atomic E-state index is 0.521. The lowest BCUT2D eigenvalue weighted by Gasteiger charge is -1.96. The predicted molar refractivity (Wildman–Crippen MR) is 38.2 cm³/mol. The van der Waals surface area contributed by atoms with Gasteiger partial charge in [-0.3, -0.25) is 5.10 Å². The van der Waals surface area contributed by atoms with Crippen molar-refractivity contribution in [1.29, 1.82) is 0 Å². The van der Waals surface area contributed by atoms with Gasteiger partial charge in [-0.1, -0.05) is 0 Å². The summed E-state index contributed by atoms with van der Waals surface area (Å²) < 4.78 is 4.96. The minimum Gasteiger partial charge on any atom is -0.479 e. The van der Waals surface area contributed by atoms with Gasteiger partial charge in [0.1, 0.15) is 17.4 Å². The molecule has 0 aliphatic heterocycles. The van der Waals surface area contributed by atoms with Gasteiger partial charge in [0.2, 0.25) is 5.88 Å². The monoisotopic (exact) mass is 150 g/mol. The van der Waals surface area contributed by atoms with Gasteiger partial charge < -0.3 is 4.74 Å². The fourth-order valence-corrected chi connectivity index (χ4v) is 0.898. The van der Waals surface area contributed by atoms with E-state index < -0.39 is 0 Å². The first-order valence-electron chi connectivity index (χ1n) is 3.10. The molecule has 5 heteroatoms. The van der Waals surface area contributed by atoms with Crippen molar-refractivity contribution in [2.45, 2.75) is 0 Å². The third-order valence-electron chi connectivity index (χ3n) is 1.40. The number of aromatic amines is 1. The smallest absolute Gasteiger partial charge is 0.242 e. The summed E-state index contributed by atoms with van der Waals surface area (Å²) in [6, 6.07) is 0. The molecular weight excluding hydrogens is 144 g/mol. The lowest BCUT2D eigenvalue weighted by atomic mass is 10.5. The van der Waals surface area contributed by atoms with E-state index in [9.17, 15) is 0 Å². The zero-order chi connectivity index (χ0) is 7.68. The van der Waals surface area contributed by atoms with Gasteiger partial charge in [-0.05, 0) is 0 Å². The standard InChI is InChI=1S/C6H6N4O/c1-11-6-5-4(2-9-10-5)7-3-8-6/h2-3H,1H3,(H,9,10). The second-order valence-corrected chi connectivity index (χ2v) is 2.01. The van der Waals surface area contributed by atoms with E-state index in [1.807, 2.05) is 0 Å². The Hall–Kier alpha value is -1.65. The molecule has 0 unspecified atom stereocenters. The average molecular weight is 150 g/mol. The number of nitrogens with one attached hydrogen (secondary N) is 1. The molecule has 0 amide bonds. The number of fused-ring (bicyclic) bond motifs is 1. The van der Waals surface area contributed by atoms with Gasteiger partial charge in [-0.15, -0.1) is 0 Å². The molecule has 0 bridgehead atoms. The van der Waals surface area contributed by atoms with Crippen LogP contribution in [0.4, 0.5) is 0 Å². The van der Waals surface area contributed by atoms with Crippen LogP contribution >= 0.6 is 0 Å². The van der Waals surface area contributed by atoms with Crippen LogP contribution in [0.3, 0.4) is 0 Å². The van der Waals surface area contributed by atoms with Crippen LogP contribution in [0, 0.1) is 0 Å². The molecule has 0 aliphatic rings. The zero-order valence-electron chi connectivity index (χ0n) is 5.90. The highest BCUT2D eigenvalue weighted by atomic mass is 16.5. The SMILES string of the molecule is COc1ncnc2cn[nH]c12. The van der Waals surface area contributed by atoms with E-state index in [1.54, 1.807) is 13.3 Å². The summed E-state index contributed by atoms with van der Waals surface area (Å²) in [5, 5.41) is 6.54. The van der Waals surface area contributed by atoms with E-state index >= 15 is 0 Å². The number of hydrogen-bond acceptors (Lipinski definition) is 4. The summed E-state index contributed by atoms with van der Waals surface area (Å²) in [6.45, 7) is 0. The molecular formula is C6H6N4O. The topological polar surface area (TPSA) is 63.7 Å². The van der Waals surface area contributed by atoms with Crippen LogP contribution < -0.4 is 4.74 Å². The second-order valence-electron chi connectivity index (χ2n) is 2.01. The van der Waals surface area contributed by atoms with Crippen molar-refractivity contribution in [2.24, 2.45) is 0 Å². The Morgan fingerprint density at radius 2 is 2.36 bits per heavy atom. The van der Waals surface area contributed by atoms with Crippen molar-refractivity contribution in [3.05, 3.63) is 12.5 Å². The summed E-state index contributed by atoms with van der Waals surface area (Å²) in [7, 11) is 1.56. The number of ether oxygens (including phenoxy) is 1. The molecule has 2 rings (SSSR count). The Morgan fingerprint density at radius 1 is 1.45 bits per heavy atom. The van der Waals surface area contributed by atoms with Gasteiger partial charge in [0.25, 0.3) is 0 Å². The fraction of sp³-hybridized carbons (Fsp3) is 0.167. The minimum absolute atomic E-state index is 0.521. The van der Waals surface area contributed by atoms with Gasteiger partial charge in [-0.25, -0.2) is 4.98 Å². The molecule has 56 valence electrons. The van der Waals surface area contributed by atoms with Gasteiger partial charge in [0, 0.05) is 0 Å². The van der Waals surface area contributed by atoms with Crippen LogP contribution in [0.2, 0.25) is 0 Å². The van der Waals surface area contributed by atoms with E-state index in [0.717, 1.165) is 11.0 Å². The first-order chi connectivity index (χ1) is 5.42. The highest BCUT2D eigenvalue weighted by Crippen LogP contribution is 2.16. The molecule has 0 saturated carbocycles. The Kier molecular flexibility index (Phi) is 1.21. The highest BCUT2D eigenvalue weighted by molar-refractivity contribution is 5.77. The van der Waals surface area contributed by atoms with E-state index in [1.165, 1.54) is 6.33 Å². The molecule has 0 radical (unpaired) electrons. The normalized spacial score (nSPS) is 10.3. The molecule has 2 aromatic rings. The number of H-pyrrole nitrogens is 1. The maximum atomic E-state index is 4.96. The Morgan fingerprint density at radius 3 is 3.18 bits per heavy atom. The van der Waals surface area contributed by atoms with Gasteiger partial charge in [0.05, 0.1) is 13.3 Å². The predicted octanol–water partition coefficient (Wildman–Crippen LogP) is 0.361. The fourth-order valence-electron chi connectivity index (χ4n) is 0.898. The van der Waals surface area contributed by atoms with Gasteiger partial charge in [-0.2, -0.15) is 10.1 Å². The number of hydrogen-bond donors (Lipinski definition) is 1. The molecule has 0 aromatic carbocycles. The van der Waals surface area contributed by atoms with E-state index in [4.69, 9.17) is 4.74 Å². The maximum Gasteiger partial charge on any atom is 0.242 e. The van der Waals surface area contributed by atoms with Crippen molar-refractivity contribution in [3.63, 3.8) is 0 Å². The molecule has 1 N–H and O–H groups in total. The summed E-state index contributed by atoms with van der Waals surface area (Å²) in [5.41, 5.74) is 1.49. The van der Waals surface area contributed by atoms with Crippen LogP contribution in [0.15, 0.2) is 12.5 Å². The molecule has 0 aliphatic carbocycles. The van der Waals surface area contributed by atoms with Crippen LogP contribution in [-0.2, 0) is 0 Å². The Bertz CT molecular complexity index is 369. The first-order valence-corrected chi connectivity index (χ1v) is 3.10. The molecule has 2 heterocycles. The van der Waals surface area contributed by atoms with E-state index in [0.29, 0.717) is 5.88 Å². The Labute approximate surface area is 62.4 Å². The number of rotatable bonds is 1. The molecule has 0 saturated heterocycles.